The molecule has 1 aromatic rings. The highest BCUT2D eigenvalue weighted by molar-refractivity contribution is 5.50. The van der Waals surface area contributed by atoms with Gasteiger partial charge in [-0.2, -0.15) is 0 Å². The van der Waals surface area contributed by atoms with Gasteiger partial charge in [0.15, 0.2) is 0 Å². The van der Waals surface area contributed by atoms with E-state index in [4.69, 9.17) is 9.72 Å². The van der Waals surface area contributed by atoms with Crippen LogP contribution in [0.5, 0.6) is 0 Å². The minimum Gasteiger partial charge on any atom is -0.379 e. The van der Waals surface area contributed by atoms with Crippen molar-refractivity contribution < 1.29 is 4.74 Å². The molecule has 5 heteroatoms. The van der Waals surface area contributed by atoms with E-state index < -0.39 is 0 Å². The zero-order valence-electron chi connectivity index (χ0n) is 11.0. The van der Waals surface area contributed by atoms with E-state index in [0.717, 1.165) is 37.1 Å². The Hall–Kier alpha value is -1.36. The molecule has 3 rings (SSSR count). The third kappa shape index (κ3) is 2.27. The number of aromatic nitrogens is 2. The zero-order chi connectivity index (χ0) is 12.5. The topological polar surface area (TPSA) is 50.3 Å². The van der Waals surface area contributed by atoms with Gasteiger partial charge in [-0.15, -0.1) is 0 Å². The van der Waals surface area contributed by atoms with Crippen LogP contribution in [0.3, 0.4) is 0 Å². The number of rotatable bonds is 4. The van der Waals surface area contributed by atoms with Crippen molar-refractivity contribution in [1.29, 1.82) is 0 Å². The second-order valence-electron chi connectivity index (χ2n) is 5.12. The summed E-state index contributed by atoms with van der Waals surface area (Å²) in [6.45, 7) is 1.66. The van der Waals surface area contributed by atoms with Gasteiger partial charge in [0.2, 0.25) is 0 Å². The van der Waals surface area contributed by atoms with Crippen LogP contribution in [-0.4, -0.2) is 43.3 Å². The Morgan fingerprint density at radius 2 is 2.17 bits per heavy atom. The predicted octanol–water partition coefficient (Wildman–Crippen LogP) is 1.62. The van der Waals surface area contributed by atoms with E-state index in [0.29, 0.717) is 12.0 Å². The summed E-state index contributed by atoms with van der Waals surface area (Å²) in [6, 6.07) is 2.46. The number of nitrogens with zero attached hydrogens (tertiary/aromatic N) is 3. The molecular weight excluding hydrogens is 228 g/mol. The number of anilines is 2. The van der Waals surface area contributed by atoms with Crippen LogP contribution in [0.1, 0.15) is 31.0 Å². The molecular formula is C13H20N4O. The highest BCUT2D eigenvalue weighted by Crippen LogP contribution is 2.39. The number of nitrogens with one attached hydrogen (secondary N) is 1. The Kier molecular flexibility index (Phi) is 3.07. The van der Waals surface area contributed by atoms with E-state index in [-0.39, 0.29) is 0 Å². The maximum absolute atomic E-state index is 5.45. The van der Waals surface area contributed by atoms with Crippen LogP contribution in [0.2, 0.25) is 0 Å². The number of hydrogen-bond acceptors (Lipinski definition) is 5. The van der Waals surface area contributed by atoms with Gasteiger partial charge < -0.3 is 15.0 Å². The van der Waals surface area contributed by atoms with E-state index >= 15 is 0 Å². The first-order chi connectivity index (χ1) is 8.78. The minimum absolute atomic E-state index is 0.441. The SMILES string of the molecule is CNc1cc(N(C)C2CCOC2)nc(C2CC2)n1. The first-order valence-electron chi connectivity index (χ1n) is 6.65. The Morgan fingerprint density at radius 1 is 1.33 bits per heavy atom. The molecule has 1 saturated carbocycles. The predicted molar refractivity (Wildman–Crippen MR) is 71.2 cm³/mol. The maximum atomic E-state index is 5.45. The molecule has 5 nitrogen and oxygen atoms in total. The summed E-state index contributed by atoms with van der Waals surface area (Å²) in [5.41, 5.74) is 0. The van der Waals surface area contributed by atoms with Crippen molar-refractivity contribution in [3.63, 3.8) is 0 Å². The maximum Gasteiger partial charge on any atom is 0.136 e. The monoisotopic (exact) mass is 248 g/mol. The van der Waals surface area contributed by atoms with E-state index in [1.54, 1.807) is 0 Å². The largest absolute Gasteiger partial charge is 0.379 e. The van der Waals surface area contributed by atoms with E-state index in [1.807, 2.05) is 13.1 Å². The average Bonchev–Trinajstić information content (AvgIpc) is 3.12. The Bertz CT molecular complexity index is 427. The summed E-state index contributed by atoms with van der Waals surface area (Å²) in [6.07, 6.45) is 3.53. The smallest absolute Gasteiger partial charge is 0.136 e. The summed E-state index contributed by atoms with van der Waals surface area (Å²) in [5.74, 6) is 3.48. The van der Waals surface area contributed by atoms with Crippen molar-refractivity contribution in [2.75, 3.05) is 37.5 Å². The Balaban J connectivity index is 1.86. The molecule has 2 fully saturated rings. The highest BCUT2D eigenvalue weighted by Gasteiger charge is 2.29. The number of ether oxygens (including phenoxy) is 1. The van der Waals surface area contributed by atoms with Crippen LogP contribution >= 0.6 is 0 Å². The molecule has 1 N–H and O–H groups in total. The summed E-state index contributed by atoms with van der Waals surface area (Å²) in [7, 11) is 4.00. The summed E-state index contributed by atoms with van der Waals surface area (Å²) in [5, 5.41) is 3.13. The van der Waals surface area contributed by atoms with Gasteiger partial charge in [-0.25, -0.2) is 9.97 Å². The molecule has 98 valence electrons. The highest BCUT2D eigenvalue weighted by atomic mass is 16.5. The fourth-order valence-corrected chi connectivity index (χ4v) is 2.30. The van der Waals surface area contributed by atoms with Crippen molar-refractivity contribution in [2.24, 2.45) is 0 Å². The van der Waals surface area contributed by atoms with Crippen LogP contribution in [0.25, 0.3) is 0 Å². The molecule has 0 aromatic carbocycles. The van der Waals surface area contributed by atoms with Gasteiger partial charge in [0.25, 0.3) is 0 Å². The van der Waals surface area contributed by atoms with Gasteiger partial charge in [-0.05, 0) is 19.3 Å². The second kappa shape index (κ2) is 4.72. The van der Waals surface area contributed by atoms with Crippen molar-refractivity contribution >= 4 is 11.6 Å². The molecule has 18 heavy (non-hydrogen) atoms. The molecule has 0 radical (unpaired) electrons. The minimum atomic E-state index is 0.441. The third-order valence-electron chi connectivity index (χ3n) is 3.74. The molecule has 2 heterocycles. The second-order valence-corrected chi connectivity index (χ2v) is 5.12. The molecule has 1 aromatic heterocycles. The van der Waals surface area contributed by atoms with Crippen molar-refractivity contribution in [1.82, 2.24) is 9.97 Å². The third-order valence-corrected chi connectivity index (χ3v) is 3.74. The Labute approximate surface area is 108 Å². The number of likely N-dealkylation sites (N-methyl/N-ethyl adjacent to an activating group) is 1. The standard InChI is InChI=1S/C13H20N4O/c1-14-11-7-12(16-13(15-11)9-3-4-9)17(2)10-5-6-18-8-10/h7,9-10H,3-6,8H2,1-2H3,(H,14,15,16). The lowest BCUT2D eigenvalue weighted by molar-refractivity contribution is 0.193. The van der Waals surface area contributed by atoms with Gasteiger partial charge in [0.1, 0.15) is 17.5 Å². The molecule has 0 spiro atoms. The molecule has 0 amide bonds. The normalized spacial score (nSPS) is 23.1. The zero-order valence-corrected chi connectivity index (χ0v) is 11.0. The van der Waals surface area contributed by atoms with Crippen molar-refractivity contribution in [3.8, 4) is 0 Å². The van der Waals surface area contributed by atoms with Crippen LogP contribution in [0.4, 0.5) is 11.6 Å². The lowest BCUT2D eigenvalue weighted by Gasteiger charge is -2.25. The lowest BCUT2D eigenvalue weighted by atomic mass is 10.2. The summed E-state index contributed by atoms with van der Waals surface area (Å²) < 4.78 is 5.45. The van der Waals surface area contributed by atoms with Gasteiger partial charge in [-0.1, -0.05) is 0 Å². The molecule has 2 aliphatic rings. The van der Waals surface area contributed by atoms with Gasteiger partial charge in [-0.3, -0.25) is 0 Å². The molecule has 0 bridgehead atoms. The van der Waals surface area contributed by atoms with Gasteiger partial charge in [0.05, 0.1) is 12.6 Å². The van der Waals surface area contributed by atoms with Crippen LogP contribution in [0.15, 0.2) is 6.07 Å². The number of hydrogen-bond donors (Lipinski definition) is 1. The van der Waals surface area contributed by atoms with Crippen LogP contribution in [-0.2, 0) is 4.74 Å². The fourth-order valence-electron chi connectivity index (χ4n) is 2.30. The average molecular weight is 248 g/mol. The van der Waals surface area contributed by atoms with E-state index in [9.17, 15) is 0 Å². The van der Waals surface area contributed by atoms with Gasteiger partial charge in [0, 0.05) is 32.7 Å². The van der Waals surface area contributed by atoms with Crippen molar-refractivity contribution in [2.45, 2.75) is 31.2 Å². The Morgan fingerprint density at radius 3 is 2.78 bits per heavy atom. The first-order valence-corrected chi connectivity index (χ1v) is 6.65. The summed E-state index contributed by atoms with van der Waals surface area (Å²) in [4.78, 5) is 11.5. The fraction of sp³-hybridized carbons (Fsp3) is 0.692. The lowest BCUT2D eigenvalue weighted by Crippen LogP contribution is -2.32. The van der Waals surface area contributed by atoms with Crippen LogP contribution < -0.4 is 10.2 Å². The van der Waals surface area contributed by atoms with E-state index in [2.05, 4.69) is 22.2 Å². The molecule has 1 aliphatic carbocycles. The van der Waals surface area contributed by atoms with E-state index in [1.165, 1.54) is 12.8 Å². The van der Waals surface area contributed by atoms with Crippen LogP contribution in [0, 0.1) is 0 Å². The molecule has 1 unspecified atom stereocenters. The summed E-state index contributed by atoms with van der Waals surface area (Å²) >= 11 is 0. The van der Waals surface area contributed by atoms with Gasteiger partial charge >= 0.3 is 0 Å². The molecule has 1 atom stereocenters. The molecule has 1 saturated heterocycles. The molecule has 1 aliphatic heterocycles. The van der Waals surface area contributed by atoms with Crippen molar-refractivity contribution in [3.05, 3.63) is 11.9 Å². The quantitative estimate of drug-likeness (QED) is 0.877. The first kappa shape index (κ1) is 11.7.